The summed E-state index contributed by atoms with van der Waals surface area (Å²) in [5.74, 6) is 1.07. The molecule has 0 spiro atoms. The maximum Gasteiger partial charge on any atom is 0.254 e. The zero-order valence-electron chi connectivity index (χ0n) is 19.4. The van der Waals surface area contributed by atoms with Crippen LogP contribution < -0.4 is 4.74 Å². The average Bonchev–Trinajstić information content (AvgIpc) is 3.40. The standard InChI is InChI=1S/C26H33ClN2O3/c1-17-18(2)25(32-13-5-12-31-4)11-10-24(17)19(3)28-15-23-14-22(28)16-29(23)26(30)20-6-8-21(27)9-7-20/h6-11,19,22-23H,5,12-16H2,1-4H3/t19-,22-,23-/m1/s1. The third-order valence-corrected chi connectivity index (χ3v) is 7.36. The molecule has 2 aliphatic rings. The molecule has 2 aliphatic heterocycles. The van der Waals surface area contributed by atoms with E-state index in [0.29, 0.717) is 35.9 Å². The molecule has 2 bridgehead atoms. The van der Waals surface area contributed by atoms with Crippen LogP contribution in [0, 0.1) is 13.8 Å². The first kappa shape index (κ1) is 23.1. The van der Waals surface area contributed by atoms with Gasteiger partial charge in [-0.2, -0.15) is 0 Å². The Balaban J connectivity index is 1.41. The lowest BCUT2D eigenvalue weighted by Crippen LogP contribution is -2.49. The second kappa shape index (κ2) is 9.82. The Bertz CT molecular complexity index is 962. The Kier molecular flexibility index (Phi) is 7.08. The highest BCUT2D eigenvalue weighted by Gasteiger charge is 2.47. The summed E-state index contributed by atoms with van der Waals surface area (Å²) in [7, 11) is 1.71. The van der Waals surface area contributed by atoms with Gasteiger partial charge >= 0.3 is 0 Å². The van der Waals surface area contributed by atoms with Crippen molar-refractivity contribution in [1.82, 2.24) is 9.80 Å². The van der Waals surface area contributed by atoms with E-state index >= 15 is 0 Å². The third kappa shape index (κ3) is 4.52. The van der Waals surface area contributed by atoms with Crippen molar-refractivity contribution >= 4 is 17.5 Å². The molecule has 0 unspecified atom stereocenters. The average molecular weight is 457 g/mol. The van der Waals surface area contributed by atoms with Crippen LogP contribution in [-0.2, 0) is 4.74 Å². The molecule has 2 aromatic carbocycles. The number of methoxy groups -OCH3 is 1. The molecule has 5 nitrogen and oxygen atoms in total. The molecule has 0 saturated carbocycles. The highest BCUT2D eigenvalue weighted by molar-refractivity contribution is 6.30. The molecule has 2 heterocycles. The summed E-state index contributed by atoms with van der Waals surface area (Å²) in [6, 6.07) is 12.5. The first-order valence-corrected chi connectivity index (χ1v) is 11.8. The van der Waals surface area contributed by atoms with Gasteiger partial charge in [0.05, 0.1) is 6.61 Å². The van der Waals surface area contributed by atoms with Crippen molar-refractivity contribution in [3.05, 3.63) is 63.7 Å². The smallest absolute Gasteiger partial charge is 0.254 e. The van der Waals surface area contributed by atoms with Gasteiger partial charge in [0, 0.05) is 61.9 Å². The largest absolute Gasteiger partial charge is 0.493 e. The molecule has 0 N–H and O–H groups in total. The topological polar surface area (TPSA) is 42.0 Å². The number of amides is 1. The third-order valence-electron chi connectivity index (χ3n) is 7.11. The van der Waals surface area contributed by atoms with Crippen molar-refractivity contribution < 1.29 is 14.3 Å². The van der Waals surface area contributed by atoms with Crippen LogP contribution in [-0.4, -0.2) is 61.2 Å². The quantitative estimate of drug-likeness (QED) is 0.522. The van der Waals surface area contributed by atoms with Crippen molar-refractivity contribution in [2.45, 2.75) is 51.7 Å². The van der Waals surface area contributed by atoms with Crippen molar-refractivity contribution in [3.8, 4) is 5.75 Å². The summed E-state index contributed by atoms with van der Waals surface area (Å²) in [5.41, 5.74) is 4.55. The monoisotopic (exact) mass is 456 g/mol. The Labute approximate surface area is 196 Å². The summed E-state index contributed by atoms with van der Waals surface area (Å²) in [4.78, 5) is 17.6. The van der Waals surface area contributed by atoms with E-state index in [1.165, 1.54) is 16.7 Å². The van der Waals surface area contributed by atoms with Gasteiger partial charge in [-0.25, -0.2) is 0 Å². The van der Waals surface area contributed by atoms with Crippen molar-refractivity contribution in [2.75, 3.05) is 33.4 Å². The van der Waals surface area contributed by atoms with Gasteiger partial charge in [-0.15, -0.1) is 0 Å². The molecular formula is C26H33ClN2O3. The minimum absolute atomic E-state index is 0.114. The minimum atomic E-state index is 0.114. The fourth-order valence-corrected chi connectivity index (χ4v) is 5.29. The van der Waals surface area contributed by atoms with Gasteiger partial charge in [0.15, 0.2) is 0 Å². The van der Waals surface area contributed by atoms with Gasteiger partial charge in [0.25, 0.3) is 5.91 Å². The summed E-state index contributed by atoms with van der Waals surface area (Å²) in [5, 5.41) is 0.654. The van der Waals surface area contributed by atoms with E-state index in [2.05, 4.69) is 37.8 Å². The van der Waals surface area contributed by atoms with Crippen LogP contribution in [0.15, 0.2) is 36.4 Å². The molecule has 32 heavy (non-hydrogen) atoms. The number of hydrogen-bond donors (Lipinski definition) is 0. The first-order chi connectivity index (χ1) is 15.4. The Hall–Kier alpha value is -2.08. The number of rotatable bonds is 8. The number of hydrogen-bond acceptors (Lipinski definition) is 4. The highest BCUT2D eigenvalue weighted by Crippen LogP contribution is 2.39. The lowest BCUT2D eigenvalue weighted by Gasteiger charge is -2.38. The first-order valence-electron chi connectivity index (χ1n) is 11.4. The Morgan fingerprint density at radius 2 is 1.81 bits per heavy atom. The SMILES string of the molecule is COCCCOc1ccc([C@@H](C)N2C[C@H]3C[C@@H]2CN3C(=O)c2ccc(Cl)cc2)c(C)c1C. The summed E-state index contributed by atoms with van der Waals surface area (Å²) in [6.45, 7) is 9.69. The summed E-state index contributed by atoms with van der Waals surface area (Å²) < 4.78 is 11.1. The fourth-order valence-electron chi connectivity index (χ4n) is 5.17. The van der Waals surface area contributed by atoms with Crippen LogP contribution in [0.1, 0.15) is 52.9 Å². The maximum atomic E-state index is 13.0. The summed E-state index contributed by atoms with van der Waals surface area (Å²) >= 11 is 5.98. The maximum absolute atomic E-state index is 13.0. The lowest BCUT2D eigenvalue weighted by molar-refractivity contribution is 0.0569. The molecule has 2 saturated heterocycles. The van der Waals surface area contributed by atoms with Crippen molar-refractivity contribution in [2.24, 2.45) is 0 Å². The van der Waals surface area contributed by atoms with Crippen LogP contribution in [0.5, 0.6) is 5.75 Å². The number of piperazine rings is 1. The number of carbonyl (C=O) groups excluding carboxylic acids is 1. The molecule has 0 aliphatic carbocycles. The van der Waals surface area contributed by atoms with E-state index in [4.69, 9.17) is 21.1 Å². The van der Waals surface area contributed by atoms with E-state index in [1.807, 2.05) is 17.0 Å². The number of likely N-dealkylation sites (tertiary alicyclic amines) is 2. The minimum Gasteiger partial charge on any atom is -0.493 e. The number of ether oxygens (including phenoxy) is 2. The van der Waals surface area contributed by atoms with Gasteiger partial charge in [-0.3, -0.25) is 9.69 Å². The van der Waals surface area contributed by atoms with E-state index in [9.17, 15) is 4.79 Å². The zero-order valence-corrected chi connectivity index (χ0v) is 20.2. The second-order valence-corrected chi connectivity index (χ2v) is 9.41. The molecule has 0 aromatic heterocycles. The fraction of sp³-hybridized carbons (Fsp3) is 0.500. The van der Waals surface area contributed by atoms with Crippen LogP contribution in [0.2, 0.25) is 5.02 Å². The molecule has 1 amide bonds. The number of halogens is 1. The molecule has 3 atom stereocenters. The Morgan fingerprint density at radius 3 is 2.47 bits per heavy atom. The van der Waals surface area contributed by atoms with Crippen LogP contribution >= 0.6 is 11.6 Å². The van der Waals surface area contributed by atoms with Gasteiger partial charge in [0.1, 0.15) is 5.75 Å². The van der Waals surface area contributed by atoms with Gasteiger partial charge in [-0.1, -0.05) is 17.7 Å². The molecule has 2 fully saturated rings. The van der Waals surface area contributed by atoms with Gasteiger partial charge < -0.3 is 14.4 Å². The molecule has 0 radical (unpaired) electrons. The van der Waals surface area contributed by atoms with E-state index in [1.54, 1.807) is 19.2 Å². The second-order valence-electron chi connectivity index (χ2n) is 8.98. The van der Waals surface area contributed by atoms with Crippen molar-refractivity contribution in [3.63, 3.8) is 0 Å². The molecule has 6 heteroatoms. The van der Waals surface area contributed by atoms with Gasteiger partial charge in [0.2, 0.25) is 0 Å². The molecule has 172 valence electrons. The predicted octanol–water partition coefficient (Wildman–Crippen LogP) is 5.03. The van der Waals surface area contributed by atoms with Gasteiger partial charge in [-0.05, 0) is 74.2 Å². The molecule has 4 rings (SSSR count). The lowest BCUT2D eigenvalue weighted by atomic mass is 9.96. The zero-order chi connectivity index (χ0) is 22.8. The molecular weight excluding hydrogens is 424 g/mol. The number of benzene rings is 2. The van der Waals surface area contributed by atoms with Crippen LogP contribution in [0.25, 0.3) is 0 Å². The van der Waals surface area contributed by atoms with E-state index in [-0.39, 0.29) is 11.9 Å². The number of carbonyl (C=O) groups is 1. The van der Waals surface area contributed by atoms with Crippen LogP contribution in [0.3, 0.4) is 0 Å². The number of fused-ring (bicyclic) bond motifs is 2. The van der Waals surface area contributed by atoms with Crippen molar-refractivity contribution in [1.29, 1.82) is 0 Å². The highest BCUT2D eigenvalue weighted by atomic mass is 35.5. The predicted molar refractivity (Wildman–Crippen MR) is 128 cm³/mol. The summed E-state index contributed by atoms with van der Waals surface area (Å²) in [6.07, 6.45) is 1.93. The van der Waals surface area contributed by atoms with E-state index < -0.39 is 0 Å². The van der Waals surface area contributed by atoms with E-state index in [0.717, 1.165) is 31.7 Å². The number of nitrogens with zero attached hydrogens (tertiary/aromatic N) is 2. The normalized spacial score (nSPS) is 21.2. The van der Waals surface area contributed by atoms with Crippen LogP contribution in [0.4, 0.5) is 0 Å². The molecule has 2 aromatic rings. The Morgan fingerprint density at radius 1 is 1.06 bits per heavy atom.